The van der Waals surface area contributed by atoms with Gasteiger partial charge in [0.15, 0.2) is 0 Å². The maximum Gasteiger partial charge on any atom is 0.0375 e. The van der Waals surface area contributed by atoms with Crippen LogP contribution in [0, 0.1) is 0 Å². The summed E-state index contributed by atoms with van der Waals surface area (Å²) < 4.78 is 0. The number of benzene rings is 2. The summed E-state index contributed by atoms with van der Waals surface area (Å²) in [4.78, 5) is 2.41. The van der Waals surface area contributed by atoms with Gasteiger partial charge in [0.05, 0.1) is 0 Å². The quantitative estimate of drug-likeness (QED) is 0.897. The highest BCUT2D eigenvalue weighted by atomic mass is 15.2. The lowest BCUT2D eigenvalue weighted by molar-refractivity contribution is 0.172. The summed E-state index contributed by atoms with van der Waals surface area (Å²) in [5.41, 5.74) is 1.57. The Morgan fingerprint density at radius 2 is 1.70 bits per heavy atom. The lowest BCUT2D eigenvalue weighted by Crippen LogP contribution is -2.47. The fraction of sp³-hybridized carbons (Fsp3) is 0.444. The molecular weight excluding hydrogens is 244 g/mol. The molecule has 2 aromatic carbocycles. The first-order valence-electron chi connectivity index (χ1n) is 7.60. The predicted octanol–water partition coefficient (Wildman–Crippen LogP) is 4.13. The molecule has 0 amide bonds. The van der Waals surface area contributed by atoms with E-state index >= 15 is 0 Å². The zero-order chi connectivity index (χ0) is 14.0. The van der Waals surface area contributed by atoms with Crippen molar-refractivity contribution in [3.8, 4) is 0 Å². The third kappa shape index (κ3) is 2.53. The van der Waals surface area contributed by atoms with Crippen molar-refractivity contribution in [3.05, 3.63) is 42.5 Å². The zero-order valence-electron chi connectivity index (χ0n) is 12.5. The number of rotatable bonds is 4. The Balaban J connectivity index is 1.76. The lowest BCUT2D eigenvalue weighted by atomic mass is 9.96. The molecule has 1 aliphatic rings. The van der Waals surface area contributed by atoms with Gasteiger partial charge in [0.25, 0.3) is 0 Å². The van der Waals surface area contributed by atoms with Crippen LogP contribution in [0.3, 0.4) is 0 Å². The average Bonchev–Trinajstić information content (AvgIpc) is 2.95. The van der Waals surface area contributed by atoms with Gasteiger partial charge in [-0.3, -0.25) is 0 Å². The average molecular weight is 268 g/mol. The molecule has 0 radical (unpaired) electrons. The van der Waals surface area contributed by atoms with E-state index in [1.807, 2.05) is 0 Å². The second kappa shape index (κ2) is 5.45. The van der Waals surface area contributed by atoms with Crippen LogP contribution >= 0.6 is 0 Å². The topological polar surface area (TPSA) is 15.3 Å². The van der Waals surface area contributed by atoms with Crippen LogP contribution in [-0.2, 0) is 0 Å². The fourth-order valence-electron chi connectivity index (χ4n) is 3.38. The maximum atomic E-state index is 3.66. The van der Waals surface area contributed by atoms with Crippen molar-refractivity contribution < 1.29 is 0 Å². The second-order valence-electron chi connectivity index (χ2n) is 6.24. The van der Waals surface area contributed by atoms with E-state index in [0.717, 1.165) is 6.54 Å². The summed E-state index contributed by atoms with van der Waals surface area (Å²) in [5.74, 6) is 0. The molecule has 20 heavy (non-hydrogen) atoms. The van der Waals surface area contributed by atoms with Gasteiger partial charge in [-0.2, -0.15) is 0 Å². The Bertz CT molecular complexity index is 583. The molecule has 0 aromatic heterocycles. The first-order valence-corrected chi connectivity index (χ1v) is 7.60. The fourth-order valence-corrected chi connectivity index (χ4v) is 3.38. The van der Waals surface area contributed by atoms with Gasteiger partial charge in [-0.25, -0.2) is 0 Å². The molecule has 0 aliphatic heterocycles. The normalized spacial score (nSPS) is 17.8. The van der Waals surface area contributed by atoms with E-state index in [-0.39, 0.29) is 0 Å². The SMILES string of the molecule is CN(C)C1(CNc2ccc3ccccc3c2)CCCC1. The Kier molecular flexibility index (Phi) is 3.66. The van der Waals surface area contributed by atoms with E-state index < -0.39 is 0 Å². The Hall–Kier alpha value is -1.54. The molecule has 0 saturated heterocycles. The number of likely N-dealkylation sites (N-methyl/N-ethyl adjacent to an activating group) is 1. The smallest absolute Gasteiger partial charge is 0.0375 e. The van der Waals surface area contributed by atoms with Gasteiger partial charge in [-0.15, -0.1) is 0 Å². The summed E-state index contributed by atoms with van der Waals surface area (Å²) in [6, 6.07) is 15.2. The molecule has 1 saturated carbocycles. The predicted molar refractivity (Wildman–Crippen MR) is 87.3 cm³/mol. The van der Waals surface area contributed by atoms with E-state index in [2.05, 4.69) is 66.8 Å². The van der Waals surface area contributed by atoms with Crippen molar-refractivity contribution in [2.45, 2.75) is 31.2 Å². The molecular formula is C18H24N2. The van der Waals surface area contributed by atoms with Crippen molar-refractivity contribution >= 4 is 16.5 Å². The minimum Gasteiger partial charge on any atom is -0.383 e. The van der Waals surface area contributed by atoms with Crippen LogP contribution in [-0.4, -0.2) is 31.1 Å². The standard InChI is InChI=1S/C18H24N2/c1-20(2)18(11-5-6-12-18)14-19-17-10-9-15-7-3-4-8-16(15)13-17/h3-4,7-10,13,19H,5-6,11-12,14H2,1-2H3. The van der Waals surface area contributed by atoms with Crippen molar-refractivity contribution in [1.29, 1.82) is 0 Å². The minimum absolute atomic E-state index is 0.339. The number of nitrogens with one attached hydrogen (secondary N) is 1. The monoisotopic (exact) mass is 268 g/mol. The van der Waals surface area contributed by atoms with Crippen LogP contribution in [0.1, 0.15) is 25.7 Å². The van der Waals surface area contributed by atoms with Gasteiger partial charge in [0.2, 0.25) is 0 Å². The molecule has 0 unspecified atom stereocenters. The number of hydrogen-bond donors (Lipinski definition) is 1. The van der Waals surface area contributed by atoms with Gasteiger partial charge in [-0.1, -0.05) is 43.2 Å². The molecule has 0 spiro atoms. The van der Waals surface area contributed by atoms with Gasteiger partial charge in [0.1, 0.15) is 0 Å². The molecule has 1 fully saturated rings. The molecule has 1 N–H and O–H groups in total. The summed E-state index contributed by atoms with van der Waals surface area (Å²) in [6.07, 6.45) is 5.33. The number of nitrogens with zero attached hydrogens (tertiary/aromatic N) is 1. The van der Waals surface area contributed by atoms with E-state index in [0.29, 0.717) is 5.54 Å². The molecule has 0 heterocycles. The van der Waals surface area contributed by atoms with Gasteiger partial charge in [0, 0.05) is 17.8 Å². The Morgan fingerprint density at radius 1 is 1.00 bits per heavy atom. The molecule has 3 rings (SSSR count). The number of hydrogen-bond acceptors (Lipinski definition) is 2. The third-order valence-corrected chi connectivity index (χ3v) is 4.85. The molecule has 106 valence electrons. The number of anilines is 1. The van der Waals surface area contributed by atoms with Crippen LogP contribution in [0.15, 0.2) is 42.5 Å². The van der Waals surface area contributed by atoms with Crippen LogP contribution in [0.25, 0.3) is 10.8 Å². The summed E-state index contributed by atoms with van der Waals surface area (Å²) >= 11 is 0. The molecule has 0 bridgehead atoms. The van der Waals surface area contributed by atoms with Gasteiger partial charge in [-0.05, 0) is 49.8 Å². The Morgan fingerprint density at radius 3 is 2.40 bits per heavy atom. The van der Waals surface area contributed by atoms with E-state index in [1.54, 1.807) is 0 Å². The molecule has 0 atom stereocenters. The van der Waals surface area contributed by atoms with Crippen molar-refractivity contribution in [2.24, 2.45) is 0 Å². The number of fused-ring (bicyclic) bond motifs is 1. The summed E-state index contributed by atoms with van der Waals surface area (Å²) in [7, 11) is 4.43. The lowest BCUT2D eigenvalue weighted by Gasteiger charge is -2.36. The highest BCUT2D eigenvalue weighted by molar-refractivity contribution is 5.85. The van der Waals surface area contributed by atoms with Crippen LogP contribution in [0.5, 0.6) is 0 Å². The van der Waals surface area contributed by atoms with E-state index in [9.17, 15) is 0 Å². The maximum absolute atomic E-state index is 3.66. The van der Waals surface area contributed by atoms with Gasteiger partial charge >= 0.3 is 0 Å². The molecule has 2 aromatic rings. The zero-order valence-corrected chi connectivity index (χ0v) is 12.5. The van der Waals surface area contributed by atoms with Crippen molar-refractivity contribution in [3.63, 3.8) is 0 Å². The summed E-state index contributed by atoms with van der Waals surface area (Å²) in [6.45, 7) is 1.04. The van der Waals surface area contributed by atoms with Crippen LogP contribution in [0.2, 0.25) is 0 Å². The summed E-state index contributed by atoms with van der Waals surface area (Å²) in [5, 5.41) is 6.27. The third-order valence-electron chi connectivity index (χ3n) is 4.85. The Labute approximate surface area is 121 Å². The van der Waals surface area contributed by atoms with Crippen LogP contribution in [0.4, 0.5) is 5.69 Å². The largest absolute Gasteiger partial charge is 0.383 e. The molecule has 2 nitrogen and oxygen atoms in total. The highest BCUT2D eigenvalue weighted by Gasteiger charge is 2.35. The van der Waals surface area contributed by atoms with Crippen molar-refractivity contribution in [1.82, 2.24) is 4.90 Å². The minimum atomic E-state index is 0.339. The molecule has 2 heteroatoms. The van der Waals surface area contributed by atoms with Crippen LogP contribution < -0.4 is 5.32 Å². The first kappa shape index (κ1) is 13.4. The van der Waals surface area contributed by atoms with E-state index in [4.69, 9.17) is 0 Å². The van der Waals surface area contributed by atoms with Crippen molar-refractivity contribution in [2.75, 3.05) is 26.0 Å². The molecule has 1 aliphatic carbocycles. The van der Waals surface area contributed by atoms with Gasteiger partial charge < -0.3 is 10.2 Å². The second-order valence-corrected chi connectivity index (χ2v) is 6.24. The first-order chi connectivity index (χ1) is 9.70. The van der Waals surface area contributed by atoms with E-state index in [1.165, 1.54) is 42.1 Å². The highest BCUT2D eigenvalue weighted by Crippen LogP contribution is 2.34.